The van der Waals surface area contributed by atoms with E-state index in [0.717, 1.165) is 0 Å². The van der Waals surface area contributed by atoms with E-state index in [4.69, 9.17) is 0 Å². The molecule has 0 heterocycles. The lowest BCUT2D eigenvalue weighted by Crippen LogP contribution is -2.69. The van der Waals surface area contributed by atoms with Gasteiger partial charge >= 0.3 is 0 Å². The zero-order valence-corrected chi connectivity index (χ0v) is 12.7. The molecular formula is C16H14F2O2Si. The van der Waals surface area contributed by atoms with Gasteiger partial charge in [-0.3, -0.25) is 0 Å². The molecule has 2 rings (SSSR count). The number of benzene rings is 2. The van der Waals surface area contributed by atoms with Crippen LogP contribution < -0.4 is 10.4 Å². The summed E-state index contributed by atoms with van der Waals surface area (Å²) in [6, 6.07) is 10.8. The lowest BCUT2D eigenvalue weighted by molar-refractivity contribution is -0.114. The Morgan fingerprint density at radius 1 is 0.714 bits per heavy atom. The third-order valence-corrected chi connectivity index (χ3v) is 8.12. The molecule has 0 spiro atoms. The second-order valence-electron chi connectivity index (χ2n) is 4.88. The van der Waals surface area contributed by atoms with Crippen molar-refractivity contribution in [2.45, 2.75) is 13.8 Å². The molecule has 0 N–H and O–H groups in total. The van der Waals surface area contributed by atoms with Gasteiger partial charge in [-0.2, -0.15) is 0 Å². The van der Waals surface area contributed by atoms with Crippen LogP contribution in [0.2, 0.25) is 0 Å². The SMILES string of the molecule is CC(=O)[Si](C(C)=O)(c1ccc(F)cc1)c1ccc(F)cc1. The molecule has 2 aromatic carbocycles. The highest BCUT2D eigenvalue weighted by atomic mass is 28.3. The minimum absolute atomic E-state index is 0.256. The molecule has 0 aliphatic heterocycles. The number of rotatable bonds is 4. The van der Waals surface area contributed by atoms with Gasteiger partial charge < -0.3 is 9.59 Å². The maximum atomic E-state index is 13.1. The van der Waals surface area contributed by atoms with E-state index in [1.807, 2.05) is 0 Å². The Labute approximate surface area is 122 Å². The average Bonchev–Trinajstić information content (AvgIpc) is 2.43. The molecule has 2 aromatic rings. The summed E-state index contributed by atoms with van der Waals surface area (Å²) in [7, 11) is -3.36. The molecule has 0 bridgehead atoms. The van der Waals surface area contributed by atoms with Gasteiger partial charge in [-0.05, 0) is 48.5 Å². The Balaban J connectivity index is 2.75. The first kappa shape index (κ1) is 15.2. The Hall–Kier alpha value is -2.14. The van der Waals surface area contributed by atoms with Crippen molar-refractivity contribution in [2.24, 2.45) is 0 Å². The monoisotopic (exact) mass is 304 g/mol. The van der Waals surface area contributed by atoms with Gasteiger partial charge in [-0.15, -0.1) is 0 Å². The standard InChI is InChI=1S/C16H14F2O2Si/c1-11(19)21(12(2)20,15-7-3-13(17)4-8-15)16-9-5-14(18)6-10-16/h3-10H,1-2H3. The van der Waals surface area contributed by atoms with E-state index in [0.29, 0.717) is 10.4 Å². The Morgan fingerprint density at radius 2 is 1.00 bits per heavy atom. The van der Waals surface area contributed by atoms with Crippen LogP contribution in [0.4, 0.5) is 8.78 Å². The van der Waals surface area contributed by atoms with Crippen molar-refractivity contribution >= 4 is 29.3 Å². The first-order valence-corrected chi connectivity index (χ1v) is 8.43. The summed E-state index contributed by atoms with van der Waals surface area (Å²) in [6.07, 6.45) is 0. The minimum Gasteiger partial charge on any atom is -0.304 e. The first-order chi connectivity index (χ1) is 9.88. The highest BCUT2D eigenvalue weighted by Crippen LogP contribution is 2.10. The minimum atomic E-state index is -3.36. The zero-order valence-electron chi connectivity index (χ0n) is 11.7. The van der Waals surface area contributed by atoms with Gasteiger partial charge in [0, 0.05) is 0 Å². The van der Waals surface area contributed by atoms with Gasteiger partial charge in [0.15, 0.2) is 0 Å². The van der Waals surface area contributed by atoms with Crippen LogP contribution in [0.15, 0.2) is 48.5 Å². The van der Waals surface area contributed by atoms with Crippen LogP contribution in [-0.4, -0.2) is 18.9 Å². The maximum absolute atomic E-state index is 13.1. The quantitative estimate of drug-likeness (QED) is 0.807. The normalized spacial score (nSPS) is 11.2. The fraction of sp³-hybridized carbons (Fsp3) is 0.125. The molecule has 5 heteroatoms. The molecule has 0 fully saturated rings. The molecule has 21 heavy (non-hydrogen) atoms. The second kappa shape index (κ2) is 5.69. The van der Waals surface area contributed by atoms with E-state index in [1.54, 1.807) is 0 Å². The lowest BCUT2D eigenvalue weighted by atomic mass is 10.3. The molecule has 0 amide bonds. The molecule has 0 aromatic heterocycles. The van der Waals surface area contributed by atoms with Crippen LogP contribution in [0.5, 0.6) is 0 Å². The maximum Gasteiger partial charge on any atom is 0.266 e. The van der Waals surface area contributed by atoms with Crippen molar-refractivity contribution < 1.29 is 18.4 Å². The Kier molecular flexibility index (Phi) is 4.13. The smallest absolute Gasteiger partial charge is 0.266 e. The molecule has 2 nitrogen and oxygen atoms in total. The fourth-order valence-electron chi connectivity index (χ4n) is 2.63. The first-order valence-electron chi connectivity index (χ1n) is 6.43. The van der Waals surface area contributed by atoms with Crippen LogP contribution in [-0.2, 0) is 9.59 Å². The van der Waals surface area contributed by atoms with Crippen molar-refractivity contribution in [1.29, 1.82) is 0 Å². The van der Waals surface area contributed by atoms with Gasteiger partial charge in [-0.1, -0.05) is 24.3 Å². The summed E-state index contributed by atoms with van der Waals surface area (Å²) in [4.78, 5) is 24.7. The third kappa shape index (κ3) is 2.56. The Morgan fingerprint density at radius 3 is 1.24 bits per heavy atom. The molecule has 0 unspecified atom stereocenters. The van der Waals surface area contributed by atoms with E-state index >= 15 is 0 Å². The van der Waals surface area contributed by atoms with E-state index in [-0.39, 0.29) is 10.8 Å². The van der Waals surface area contributed by atoms with Gasteiger partial charge in [0.2, 0.25) is 0 Å². The lowest BCUT2D eigenvalue weighted by Gasteiger charge is -2.27. The number of hydrogen-bond acceptors (Lipinski definition) is 2. The summed E-state index contributed by atoms with van der Waals surface area (Å²) >= 11 is 0. The number of carbonyl (C=O) groups excluding carboxylic acids is 2. The van der Waals surface area contributed by atoms with Crippen LogP contribution in [0.1, 0.15) is 13.8 Å². The number of carbonyl (C=O) groups is 2. The second-order valence-corrected chi connectivity index (χ2v) is 8.94. The largest absolute Gasteiger partial charge is 0.304 e. The summed E-state index contributed by atoms with van der Waals surface area (Å²) in [6.45, 7) is 2.72. The van der Waals surface area contributed by atoms with Gasteiger partial charge in [0.1, 0.15) is 22.4 Å². The van der Waals surface area contributed by atoms with Crippen molar-refractivity contribution in [2.75, 3.05) is 0 Å². The molecule has 0 saturated heterocycles. The number of halogens is 2. The molecule has 108 valence electrons. The predicted octanol–water partition coefficient (Wildman–Crippen LogP) is 1.78. The van der Waals surface area contributed by atoms with Crippen molar-refractivity contribution in [3.63, 3.8) is 0 Å². The summed E-state index contributed by atoms with van der Waals surface area (Å²) in [5.41, 5.74) is 0. The van der Waals surface area contributed by atoms with Crippen LogP contribution in [0, 0.1) is 11.6 Å². The predicted molar refractivity (Wildman–Crippen MR) is 79.2 cm³/mol. The van der Waals surface area contributed by atoms with Crippen LogP contribution in [0.25, 0.3) is 0 Å². The van der Waals surface area contributed by atoms with E-state index < -0.39 is 19.7 Å². The molecule has 0 aliphatic carbocycles. The van der Waals surface area contributed by atoms with Crippen molar-refractivity contribution in [3.05, 3.63) is 60.2 Å². The Bertz CT molecular complexity index is 617. The van der Waals surface area contributed by atoms with Gasteiger partial charge in [0.25, 0.3) is 8.07 Å². The summed E-state index contributed by atoms with van der Waals surface area (Å²) in [5, 5.41) is 0.507. The molecule has 0 atom stereocenters. The number of hydrogen-bond donors (Lipinski definition) is 0. The summed E-state index contributed by atoms with van der Waals surface area (Å²) in [5.74, 6) is -0.874. The topological polar surface area (TPSA) is 34.1 Å². The third-order valence-electron chi connectivity index (χ3n) is 3.61. The van der Waals surface area contributed by atoms with E-state index in [1.165, 1.54) is 62.4 Å². The average molecular weight is 304 g/mol. The summed E-state index contributed by atoms with van der Waals surface area (Å²) < 4.78 is 26.3. The molecule has 0 radical (unpaired) electrons. The van der Waals surface area contributed by atoms with Crippen molar-refractivity contribution in [3.8, 4) is 0 Å². The molecule has 0 aliphatic rings. The molecule has 0 saturated carbocycles. The van der Waals surface area contributed by atoms with Crippen LogP contribution >= 0.6 is 0 Å². The van der Waals surface area contributed by atoms with E-state index in [2.05, 4.69) is 0 Å². The van der Waals surface area contributed by atoms with E-state index in [9.17, 15) is 18.4 Å². The highest BCUT2D eigenvalue weighted by molar-refractivity contribution is 7.38. The van der Waals surface area contributed by atoms with Gasteiger partial charge in [0.05, 0.1) is 0 Å². The van der Waals surface area contributed by atoms with Crippen molar-refractivity contribution in [1.82, 2.24) is 0 Å². The zero-order chi connectivity index (χ0) is 15.6. The highest BCUT2D eigenvalue weighted by Gasteiger charge is 2.47. The van der Waals surface area contributed by atoms with Gasteiger partial charge in [-0.25, -0.2) is 8.78 Å². The molecular weight excluding hydrogens is 290 g/mol. The van der Waals surface area contributed by atoms with Crippen LogP contribution in [0.3, 0.4) is 0 Å². The fourth-order valence-corrected chi connectivity index (χ4v) is 6.42.